The van der Waals surface area contributed by atoms with Crippen molar-refractivity contribution in [2.24, 2.45) is 5.10 Å². The molecule has 1 unspecified atom stereocenters. The van der Waals surface area contributed by atoms with Crippen LogP contribution in [0.2, 0.25) is 0 Å². The van der Waals surface area contributed by atoms with Crippen molar-refractivity contribution in [2.45, 2.75) is 6.23 Å². The van der Waals surface area contributed by atoms with Gasteiger partial charge in [-0.15, -0.1) is 5.10 Å². The largest absolute Gasteiger partial charge is 0.446 e. The van der Waals surface area contributed by atoms with E-state index in [1.807, 2.05) is 0 Å². The second kappa shape index (κ2) is 4.68. The van der Waals surface area contributed by atoms with Crippen molar-refractivity contribution >= 4 is 5.90 Å². The standard InChI is InChI=1S/C14H12FN3O/c1-18-14(11-4-2-3-5-12(11)15)19-13(17-18)10-6-8-16-9-7-10/h2-9,14H,1H3. The normalized spacial score (nSPS) is 18.1. The lowest BCUT2D eigenvalue weighted by atomic mass is 10.2. The molecule has 1 aromatic heterocycles. The van der Waals surface area contributed by atoms with Crippen molar-refractivity contribution in [3.63, 3.8) is 0 Å². The second-order valence-corrected chi connectivity index (χ2v) is 4.21. The fourth-order valence-electron chi connectivity index (χ4n) is 1.96. The highest BCUT2D eigenvalue weighted by molar-refractivity contribution is 5.94. The Hall–Kier alpha value is -2.43. The molecule has 1 aliphatic heterocycles. The molecule has 5 heteroatoms. The van der Waals surface area contributed by atoms with Gasteiger partial charge in [0, 0.05) is 25.0 Å². The maximum Gasteiger partial charge on any atom is 0.240 e. The molecule has 0 spiro atoms. The van der Waals surface area contributed by atoms with Crippen LogP contribution in [-0.4, -0.2) is 22.9 Å². The Morgan fingerprint density at radius 3 is 2.63 bits per heavy atom. The van der Waals surface area contributed by atoms with Crippen LogP contribution in [0, 0.1) is 5.82 Å². The molecule has 2 heterocycles. The van der Waals surface area contributed by atoms with Crippen LogP contribution in [0.5, 0.6) is 0 Å². The fourth-order valence-corrected chi connectivity index (χ4v) is 1.96. The molecule has 96 valence electrons. The van der Waals surface area contributed by atoms with Crippen molar-refractivity contribution in [1.29, 1.82) is 0 Å². The van der Waals surface area contributed by atoms with Crippen LogP contribution in [0.15, 0.2) is 53.9 Å². The van der Waals surface area contributed by atoms with Crippen LogP contribution in [0.3, 0.4) is 0 Å². The van der Waals surface area contributed by atoms with Crippen LogP contribution >= 0.6 is 0 Å². The van der Waals surface area contributed by atoms with Gasteiger partial charge >= 0.3 is 0 Å². The molecule has 0 aliphatic carbocycles. The molecule has 0 bridgehead atoms. The van der Waals surface area contributed by atoms with E-state index in [0.717, 1.165) is 5.56 Å². The molecule has 1 aromatic carbocycles. The van der Waals surface area contributed by atoms with Crippen molar-refractivity contribution < 1.29 is 9.13 Å². The number of nitrogens with zero attached hydrogens (tertiary/aromatic N) is 3. The summed E-state index contributed by atoms with van der Waals surface area (Å²) in [6, 6.07) is 10.1. The summed E-state index contributed by atoms with van der Waals surface area (Å²) in [4.78, 5) is 3.94. The Labute approximate surface area is 110 Å². The van der Waals surface area contributed by atoms with E-state index in [9.17, 15) is 4.39 Å². The van der Waals surface area contributed by atoms with E-state index in [1.54, 1.807) is 54.8 Å². The summed E-state index contributed by atoms with van der Waals surface area (Å²) < 4.78 is 19.5. The number of rotatable bonds is 2. The highest BCUT2D eigenvalue weighted by atomic mass is 19.1. The number of ether oxygens (including phenoxy) is 1. The van der Waals surface area contributed by atoms with Gasteiger partial charge in [-0.1, -0.05) is 18.2 Å². The molecule has 0 saturated heterocycles. The first-order valence-electron chi connectivity index (χ1n) is 5.88. The number of hydrogen-bond donors (Lipinski definition) is 0. The lowest BCUT2D eigenvalue weighted by Crippen LogP contribution is -2.17. The zero-order valence-corrected chi connectivity index (χ0v) is 10.3. The smallest absolute Gasteiger partial charge is 0.240 e. The third kappa shape index (κ3) is 2.14. The molecule has 0 N–H and O–H groups in total. The SMILES string of the molecule is CN1N=C(c2ccncc2)OC1c1ccccc1F. The highest BCUT2D eigenvalue weighted by Crippen LogP contribution is 2.29. The quantitative estimate of drug-likeness (QED) is 0.829. The minimum atomic E-state index is -0.538. The molecule has 0 amide bonds. The maximum absolute atomic E-state index is 13.8. The summed E-state index contributed by atoms with van der Waals surface area (Å²) in [5, 5.41) is 5.90. The van der Waals surface area contributed by atoms with Crippen LogP contribution in [0.25, 0.3) is 0 Å². The Bertz CT molecular complexity index is 615. The van der Waals surface area contributed by atoms with Crippen molar-refractivity contribution in [2.75, 3.05) is 7.05 Å². The average molecular weight is 257 g/mol. The number of hydrazone groups is 1. The molecular weight excluding hydrogens is 245 g/mol. The molecule has 4 nitrogen and oxygen atoms in total. The van der Waals surface area contributed by atoms with E-state index in [4.69, 9.17) is 4.74 Å². The van der Waals surface area contributed by atoms with Gasteiger partial charge in [0.05, 0.1) is 5.56 Å². The van der Waals surface area contributed by atoms with E-state index in [2.05, 4.69) is 10.1 Å². The van der Waals surface area contributed by atoms with Crippen molar-refractivity contribution in [3.05, 3.63) is 65.7 Å². The summed E-state index contributed by atoms with van der Waals surface area (Å²) in [5.41, 5.74) is 1.29. The number of halogens is 1. The third-order valence-electron chi connectivity index (χ3n) is 2.91. The topological polar surface area (TPSA) is 37.7 Å². The Morgan fingerprint density at radius 1 is 1.16 bits per heavy atom. The molecule has 2 aromatic rings. The first-order valence-corrected chi connectivity index (χ1v) is 5.88. The van der Waals surface area contributed by atoms with Gasteiger partial charge in [0.2, 0.25) is 12.1 Å². The van der Waals surface area contributed by atoms with Gasteiger partial charge in [-0.2, -0.15) is 0 Å². The Morgan fingerprint density at radius 2 is 1.89 bits per heavy atom. The molecule has 0 radical (unpaired) electrons. The van der Waals surface area contributed by atoms with Crippen molar-refractivity contribution in [3.8, 4) is 0 Å². The summed E-state index contributed by atoms with van der Waals surface area (Å²) in [6.45, 7) is 0. The fraction of sp³-hybridized carbons (Fsp3) is 0.143. The first-order chi connectivity index (χ1) is 9.25. The highest BCUT2D eigenvalue weighted by Gasteiger charge is 2.29. The van der Waals surface area contributed by atoms with Gasteiger partial charge in [-0.3, -0.25) is 9.99 Å². The number of aromatic nitrogens is 1. The molecule has 3 rings (SSSR count). The minimum Gasteiger partial charge on any atom is -0.446 e. The zero-order chi connectivity index (χ0) is 13.2. The Kier molecular flexibility index (Phi) is 2.87. The molecule has 1 aliphatic rings. The first kappa shape index (κ1) is 11.6. The summed E-state index contributed by atoms with van der Waals surface area (Å²) in [6.07, 6.45) is 2.79. The monoisotopic (exact) mass is 257 g/mol. The predicted molar refractivity (Wildman–Crippen MR) is 68.8 cm³/mol. The predicted octanol–water partition coefficient (Wildman–Crippen LogP) is 2.54. The van der Waals surface area contributed by atoms with E-state index >= 15 is 0 Å². The lowest BCUT2D eigenvalue weighted by Gasteiger charge is -2.18. The summed E-state index contributed by atoms with van der Waals surface area (Å²) in [7, 11) is 1.76. The molecule has 0 fully saturated rings. The van der Waals surface area contributed by atoms with Crippen LogP contribution in [-0.2, 0) is 4.74 Å². The van der Waals surface area contributed by atoms with E-state index in [0.29, 0.717) is 11.5 Å². The van der Waals surface area contributed by atoms with E-state index < -0.39 is 6.23 Å². The third-order valence-corrected chi connectivity index (χ3v) is 2.91. The van der Waals surface area contributed by atoms with E-state index in [1.165, 1.54) is 6.07 Å². The zero-order valence-electron chi connectivity index (χ0n) is 10.3. The second-order valence-electron chi connectivity index (χ2n) is 4.21. The number of pyridine rings is 1. The summed E-state index contributed by atoms with van der Waals surface area (Å²) >= 11 is 0. The van der Waals surface area contributed by atoms with Gasteiger partial charge in [0.25, 0.3) is 0 Å². The summed E-state index contributed by atoms with van der Waals surface area (Å²) in [5.74, 6) is 0.170. The molecule has 0 saturated carbocycles. The number of hydrogen-bond acceptors (Lipinski definition) is 4. The van der Waals surface area contributed by atoms with Gasteiger partial charge < -0.3 is 4.74 Å². The maximum atomic E-state index is 13.8. The van der Waals surface area contributed by atoms with Gasteiger partial charge in [0.15, 0.2) is 0 Å². The number of benzene rings is 1. The molecule has 19 heavy (non-hydrogen) atoms. The average Bonchev–Trinajstić information content (AvgIpc) is 2.82. The van der Waals surface area contributed by atoms with Crippen LogP contribution in [0.1, 0.15) is 17.4 Å². The molecular formula is C14H12FN3O. The van der Waals surface area contributed by atoms with E-state index in [-0.39, 0.29) is 5.82 Å². The lowest BCUT2D eigenvalue weighted by molar-refractivity contribution is 0.0744. The van der Waals surface area contributed by atoms with Gasteiger partial charge in [-0.05, 0) is 18.2 Å². The van der Waals surface area contributed by atoms with Crippen LogP contribution in [0.4, 0.5) is 4.39 Å². The minimum absolute atomic E-state index is 0.300. The van der Waals surface area contributed by atoms with Crippen LogP contribution < -0.4 is 0 Å². The van der Waals surface area contributed by atoms with Gasteiger partial charge in [-0.25, -0.2) is 4.39 Å². The Balaban J connectivity index is 1.89. The molecule has 1 atom stereocenters. The van der Waals surface area contributed by atoms with Crippen molar-refractivity contribution in [1.82, 2.24) is 9.99 Å². The van der Waals surface area contributed by atoms with Gasteiger partial charge in [0.1, 0.15) is 5.82 Å².